The molecule has 0 saturated carbocycles. The molecular weight excluding hydrogens is 376 g/mol. The Balaban J connectivity index is 0.00000120. The maximum atomic E-state index is 11.7. The van der Waals surface area contributed by atoms with Crippen LogP contribution in [0, 0.1) is 5.92 Å². The number of anilines is 2. The molecule has 164 valence electrons. The molecule has 1 fully saturated rings. The van der Waals surface area contributed by atoms with Crippen molar-refractivity contribution in [2.24, 2.45) is 5.92 Å². The van der Waals surface area contributed by atoms with Crippen LogP contribution in [0.3, 0.4) is 0 Å². The van der Waals surface area contributed by atoms with Crippen molar-refractivity contribution in [3.63, 3.8) is 0 Å². The normalized spacial score (nSPS) is 24.2. The van der Waals surface area contributed by atoms with Crippen molar-refractivity contribution in [3.05, 3.63) is 37.2 Å². The van der Waals surface area contributed by atoms with Crippen LogP contribution < -0.4 is 10.2 Å². The molecule has 4 N–H and O–H groups in total. The van der Waals surface area contributed by atoms with Crippen molar-refractivity contribution >= 4 is 17.5 Å². The molecule has 29 heavy (non-hydrogen) atoms. The first-order chi connectivity index (χ1) is 14.0. The third kappa shape index (κ3) is 6.60. The number of amides is 1. The number of ether oxygens (including phenoxy) is 1. The van der Waals surface area contributed by atoms with Crippen molar-refractivity contribution in [1.29, 1.82) is 0 Å². The Kier molecular flexibility index (Phi) is 12.7. The van der Waals surface area contributed by atoms with Crippen LogP contribution in [0.15, 0.2) is 31.6 Å². The lowest BCUT2D eigenvalue weighted by Gasteiger charge is -2.30. The Hall–Kier alpha value is -2.33. The molecule has 2 aliphatic rings. The molecule has 1 saturated heterocycles. The van der Waals surface area contributed by atoms with Gasteiger partial charge in [-0.15, -0.1) is 13.2 Å². The highest BCUT2D eigenvalue weighted by molar-refractivity contribution is 6.00. The molecule has 3 heterocycles. The Labute approximate surface area is 172 Å². The summed E-state index contributed by atoms with van der Waals surface area (Å²) in [6.45, 7) is 10.1. The molecule has 0 aromatic carbocycles. The third-order valence-electron chi connectivity index (χ3n) is 4.47. The summed E-state index contributed by atoms with van der Waals surface area (Å²) in [5, 5.41) is 26.1. The zero-order valence-corrected chi connectivity index (χ0v) is 17.9. The van der Waals surface area contributed by atoms with Gasteiger partial charge in [0.2, 0.25) is 5.91 Å². The number of aromatic nitrogens is 2. The van der Waals surface area contributed by atoms with Crippen LogP contribution in [-0.4, -0.2) is 71.4 Å². The summed E-state index contributed by atoms with van der Waals surface area (Å²) in [6.07, 6.45) is 5.32. The highest BCUT2D eigenvalue weighted by Gasteiger charge is 2.36. The Morgan fingerprint density at radius 1 is 1.24 bits per heavy atom. The molecule has 0 radical (unpaired) electrons. The van der Waals surface area contributed by atoms with E-state index in [-0.39, 0.29) is 36.7 Å². The van der Waals surface area contributed by atoms with Crippen LogP contribution in [-0.2, 0) is 9.53 Å². The van der Waals surface area contributed by atoms with Crippen LogP contribution in [0.25, 0.3) is 0 Å². The quantitative estimate of drug-likeness (QED) is 0.549. The number of aliphatic hydroxyl groups is 3. The minimum Gasteiger partial charge on any atom is -0.400 e. The minimum atomic E-state index is -0.186. The maximum absolute atomic E-state index is 11.7. The molecule has 4 atom stereocenters. The number of aliphatic hydroxyl groups excluding tert-OH is 3. The molecule has 3 rings (SSSR count). The molecule has 9 heteroatoms. The van der Waals surface area contributed by atoms with E-state index in [4.69, 9.17) is 14.9 Å². The second-order valence-electron chi connectivity index (χ2n) is 6.25. The van der Waals surface area contributed by atoms with Crippen molar-refractivity contribution in [3.8, 4) is 0 Å². The standard InChI is InChI=1S/C16H22N4O3.C2H4.2CH4O/c1-9-4-5-12(22)19-14-13(9)15(18-8-17-14)20(3)16-10(2)6-11(7-21)23-16;3*1-2/h4-5,8-11,16,21H,6-7H2,1-3H3,(H,17,18,19,22);1-2H2;2*2H,1H3/t9?,10-,11?,16?;;;/m0.../s1. The van der Waals surface area contributed by atoms with E-state index < -0.39 is 0 Å². The number of nitrogens with one attached hydrogen (secondary N) is 1. The molecule has 1 aromatic rings. The monoisotopic (exact) mass is 410 g/mol. The highest BCUT2D eigenvalue weighted by Crippen LogP contribution is 2.37. The molecule has 0 aliphatic carbocycles. The molecule has 1 amide bonds. The van der Waals surface area contributed by atoms with E-state index in [2.05, 4.69) is 35.4 Å². The predicted molar refractivity (Wildman–Crippen MR) is 114 cm³/mol. The van der Waals surface area contributed by atoms with Crippen molar-refractivity contribution in [1.82, 2.24) is 9.97 Å². The Bertz CT molecular complexity index is 656. The van der Waals surface area contributed by atoms with Gasteiger partial charge in [0.15, 0.2) is 0 Å². The first-order valence-corrected chi connectivity index (χ1v) is 9.24. The number of fused-ring (bicyclic) bond motifs is 1. The lowest BCUT2D eigenvalue weighted by atomic mass is 10.0. The smallest absolute Gasteiger partial charge is 0.249 e. The van der Waals surface area contributed by atoms with Crippen LogP contribution in [0.5, 0.6) is 0 Å². The Morgan fingerprint density at radius 2 is 1.86 bits per heavy atom. The second kappa shape index (κ2) is 13.8. The summed E-state index contributed by atoms with van der Waals surface area (Å²) >= 11 is 0. The number of allylic oxidation sites excluding steroid dienone is 1. The van der Waals surface area contributed by atoms with Crippen LogP contribution in [0.2, 0.25) is 0 Å². The summed E-state index contributed by atoms with van der Waals surface area (Å²) in [5.74, 6) is 1.37. The number of carbonyl (C=O) groups excluding carboxylic acids is 1. The molecule has 2 aliphatic heterocycles. The maximum Gasteiger partial charge on any atom is 0.249 e. The van der Waals surface area contributed by atoms with Gasteiger partial charge in [-0.3, -0.25) is 4.79 Å². The van der Waals surface area contributed by atoms with Crippen molar-refractivity contribution in [2.45, 2.75) is 38.5 Å². The third-order valence-corrected chi connectivity index (χ3v) is 4.47. The van der Waals surface area contributed by atoms with E-state index in [1.165, 1.54) is 12.4 Å². The first-order valence-electron chi connectivity index (χ1n) is 9.24. The average molecular weight is 411 g/mol. The molecule has 0 spiro atoms. The predicted octanol–water partition coefficient (Wildman–Crippen LogP) is 1.29. The van der Waals surface area contributed by atoms with E-state index in [9.17, 15) is 9.90 Å². The van der Waals surface area contributed by atoms with Gasteiger partial charge in [0.25, 0.3) is 0 Å². The fourth-order valence-corrected chi connectivity index (χ4v) is 3.30. The van der Waals surface area contributed by atoms with Gasteiger partial charge in [0, 0.05) is 38.7 Å². The van der Waals surface area contributed by atoms with Gasteiger partial charge in [-0.05, 0) is 12.5 Å². The van der Waals surface area contributed by atoms with Gasteiger partial charge in [-0.1, -0.05) is 19.9 Å². The van der Waals surface area contributed by atoms with Crippen LogP contribution in [0.4, 0.5) is 11.6 Å². The van der Waals surface area contributed by atoms with Crippen molar-refractivity contribution in [2.75, 3.05) is 38.1 Å². The van der Waals surface area contributed by atoms with E-state index in [0.717, 1.165) is 32.0 Å². The highest BCUT2D eigenvalue weighted by atomic mass is 16.5. The number of carbonyl (C=O) groups is 1. The zero-order chi connectivity index (χ0) is 22.6. The largest absolute Gasteiger partial charge is 0.400 e. The summed E-state index contributed by atoms with van der Waals surface area (Å²) in [6, 6.07) is 0. The minimum absolute atomic E-state index is 0.00736. The van der Waals surface area contributed by atoms with Crippen LogP contribution >= 0.6 is 0 Å². The number of hydrogen-bond acceptors (Lipinski definition) is 8. The molecule has 3 unspecified atom stereocenters. The molecule has 0 bridgehead atoms. The summed E-state index contributed by atoms with van der Waals surface area (Å²) in [7, 11) is 3.92. The second-order valence-corrected chi connectivity index (χ2v) is 6.25. The average Bonchev–Trinajstić information content (AvgIpc) is 3.09. The van der Waals surface area contributed by atoms with Gasteiger partial charge in [0.1, 0.15) is 24.2 Å². The van der Waals surface area contributed by atoms with E-state index in [1.54, 1.807) is 0 Å². The number of hydrogen-bond donors (Lipinski definition) is 4. The SMILES string of the molecule is C=C.CC1C=CC(=O)Nc2ncnc(N(C)C3OC(CO)C[C@@H]3C)c21.CO.CO. The van der Waals surface area contributed by atoms with E-state index in [0.29, 0.717) is 5.82 Å². The first kappa shape index (κ1) is 26.7. The number of nitrogens with zero attached hydrogens (tertiary/aromatic N) is 3. The summed E-state index contributed by atoms with van der Waals surface area (Å²) in [5.41, 5.74) is 0.875. The zero-order valence-electron chi connectivity index (χ0n) is 17.9. The lowest BCUT2D eigenvalue weighted by molar-refractivity contribution is -0.111. The summed E-state index contributed by atoms with van der Waals surface area (Å²) in [4.78, 5) is 22.3. The van der Waals surface area contributed by atoms with Gasteiger partial charge in [-0.25, -0.2) is 9.97 Å². The van der Waals surface area contributed by atoms with Gasteiger partial charge >= 0.3 is 0 Å². The van der Waals surface area contributed by atoms with E-state index in [1.807, 2.05) is 24.9 Å². The lowest BCUT2D eigenvalue weighted by Crippen LogP contribution is -2.37. The fourth-order valence-electron chi connectivity index (χ4n) is 3.30. The number of rotatable bonds is 3. The topological polar surface area (TPSA) is 128 Å². The van der Waals surface area contributed by atoms with Crippen LogP contribution in [0.1, 0.15) is 31.7 Å². The van der Waals surface area contributed by atoms with Gasteiger partial charge in [0.05, 0.1) is 12.7 Å². The molecule has 9 nitrogen and oxygen atoms in total. The molecule has 1 aromatic heterocycles. The van der Waals surface area contributed by atoms with Crippen molar-refractivity contribution < 1.29 is 24.9 Å². The van der Waals surface area contributed by atoms with Gasteiger partial charge in [-0.2, -0.15) is 0 Å². The fraction of sp³-hybridized carbons (Fsp3) is 0.550. The summed E-state index contributed by atoms with van der Waals surface area (Å²) < 4.78 is 5.93. The van der Waals surface area contributed by atoms with E-state index >= 15 is 0 Å². The Morgan fingerprint density at radius 3 is 2.41 bits per heavy atom. The molecular formula is C20H34N4O5. The van der Waals surface area contributed by atoms with Gasteiger partial charge < -0.3 is 30.3 Å².